The van der Waals surface area contributed by atoms with Crippen LogP contribution in [0.15, 0.2) is 29.2 Å². The summed E-state index contributed by atoms with van der Waals surface area (Å²) in [6.45, 7) is 5.20. The lowest BCUT2D eigenvalue weighted by Crippen LogP contribution is -2.40. The first kappa shape index (κ1) is 19.4. The van der Waals surface area contributed by atoms with E-state index in [1.807, 2.05) is 13.8 Å². The molecule has 1 fully saturated rings. The first-order valence-electron chi connectivity index (χ1n) is 8.53. The van der Waals surface area contributed by atoms with Gasteiger partial charge in [-0.3, -0.25) is 9.59 Å². The van der Waals surface area contributed by atoms with Crippen molar-refractivity contribution in [1.82, 2.24) is 14.9 Å². The van der Waals surface area contributed by atoms with E-state index in [9.17, 15) is 18.0 Å². The van der Waals surface area contributed by atoms with Crippen LogP contribution in [0.3, 0.4) is 0 Å². The van der Waals surface area contributed by atoms with Crippen molar-refractivity contribution in [2.24, 2.45) is 5.92 Å². The minimum absolute atomic E-state index is 0.0517. The Morgan fingerprint density at radius 3 is 2.48 bits per heavy atom. The van der Waals surface area contributed by atoms with Gasteiger partial charge in [0.2, 0.25) is 15.9 Å². The third kappa shape index (κ3) is 5.54. The average molecular weight is 367 g/mol. The number of rotatable bonds is 9. The fraction of sp³-hybridized carbons (Fsp3) is 0.529. The molecule has 0 spiro atoms. The topological polar surface area (TPSA) is 95.6 Å². The summed E-state index contributed by atoms with van der Waals surface area (Å²) < 4.78 is 27.1. The van der Waals surface area contributed by atoms with Gasteiger partial charge in [0, 0.05) is 25.2 Å². The molecule has 0 aromatic heterocycles. The second-order valence-electron chi connectivity index (χ2n) is 6.07. The Hall–Kier alpha value is -1.93. The number of hydrogen-bond donors (Lipinski definition) is 2. The number of amides is 2. The Morgan fingerprint density at radius 2 is 1.88 bits per heavy atom. The Morgan fingerprint density at radius 1 is 1.20 bits per heavy atom. The van der Waals surface area contributed by atoms with Crippen molar-refractivity contribution in [2.45, 2.75) is 31.6 Å². The highest BCUT2D eigenvalue weighted by molar-refractivity contribution is 7.89. The lowest BCUT2D eigenvalue weighted by molar-refractivity contribution is -0.129. The number of carbonyl (C=O) groups is 2. The predicted octanol–water partition coefficient (Wildman–Crippen LogP) is 0.973. The Balaban J connectivity index is 1.99. The molecule has 7 nitrogen and oxygen atoms in total. The van der Waals surface area contributed by atoms with E-state index in [2.05, 4.69) is 10.0 Å². The second-order valence-corrected chi connectivity index (χ2v) is 7.84. The monoisotopic (exact) mass is 367 g/mol. The Labute approximate surface area is 148 Å². The molecule has 2 amide bonds. The molecule has 2 rings (SSSR count). The molecule has 1 saturated carbocycles. The summed E-state index contributed by atoms with van der Waals surface area (Å²) in [7, 11) is -3.63. The molecule has 0 bridgehead atoms. The van der Waals surface area contributed by atoms with Crippen molar-refractivity contribution in [3.63, 3.8) is 0 Å². The van der Waals surface area contributed by atoms with Crippen molar-refractivity contribution >= 4 is 21.8 Å². The van der Waals surface area contributed by atoms with E-state index < -0.39 is 15.9 Å². The first-order valence-corrected chi connectivity index (χ1v) is 10.0. The SMILES string of the molecule is CCN(CC)C(=O)CNC(=O)c1cccc(S(=O)(=O)NCC2CC2)c1. The minimum Gasteiger partial charge on any atom is -0.343 e. The fourth-order valence-electron chi connectivity index (χ4n) is 2.38. The lowest BCUT2D eigenvalue weighted by atomic mass is 10.2. The largest absolute Gasteiger partial charge is 0.343 e. The number of nitrogens with zero attached hydrogens (tertiary/aromatic N) is 1. The summed E-state index contributed by atoms with van der Waals surface area (Å²) in [5.74, 6) is -0.222. The van der Waals surface area contributed by atoms with Gasteiger partial charge in [0.1, 0.15) is 0 Å². The van der Waals surface area contributed by atoms with E-state index in [1.54, 1.807) is 4.90 Å². The van der Waals surface area contributed by atoms with Crippen molar-refractivity contribution in [1.29, 1.82) is 0 Å². The molecule has 1 aromatic carbocycles. The van der Waals surface area contributed by atoms with Gasteiger partial charge in [0.25, 0.3) is 5.91 Å². The van der Waals surface area contributed by atoms with Crippen LogP contribution in [0.1, 0.15) is 37.0 Å². The van der Waals surface area contributed by atoms with E-state index >= 15 is 0 Å². The maximum absolute atomic E-state index is 12.3. The Bertz CT molecular complexity index is 725. The van der Waals surface area contributed by atoms with Crippen molar-refractivity contribution in [2.75, 3.05) is 26.2 Å². The molecule has 0 heterocycles. The van der Waals surface area contributed by atoms with Crippen LogP contribution in [0.5, 0.6) is 0 Å². The summed E-state index contributed by atoms with van der Waals surface area (Å²) in [5.41, 5.74) is 0.210. The normalized spacial score (nSPS) is 14.2. The number of sulfonamides is 1. The van der Waals surface area contributed by atoms with Gasteiger partial charge in [-0.15, -0.1) is 0 Å². The molecule has 25 heavy (non-hydrogen) atoms. The molecule has 0 saturated heterocycles. The molecule has 0 unspecified atom stereocenters. The van der Waals surface area contributed by atoms with Gasteiger partial charge in [-0.25, -0.2) is 13.1 Å². The summed E-state index contributed by atoms with van der Waals surface area (Å²) in [5, 5.41) is 2.54. The van der Waals surface area contributed by atoms with E-state index in [-0.39, 0.29) is 22.9 Å². The average Bonchev–Trinajstić information content (AvgIpc) is 3.43. The van der Waals surface area contributed by atoms with E-state index in [0.717, 1.165) is 12.8 Å². The molecular formula is C17H25N3O4S. The molecule has 0 radical (unpaired) electrons. The quantitative estimate of drug-likeness (QED) is 0.680. The highest BCUT2D eigenvalue weighted by Gasteiger charge is 2.24. The lowest BCUT2D eigenvalue weighted by Gasteiger charge is -2.18. The number of nitrogens with one attached hydrogen (secondary N) is 2. The van der Waals surface area contributed by atoms with E-state index in [4.69, 9.17) is 0 Å². The van der Waals surface area contributed by atoms with Crippen LogP contribution < -0.4 is 10.0 Å². The summed E-state index contributed by atoms with van der Waals surface area (Å²) in [4.78, 5) is 25.8. The maximum atomic E-state index is 12.3. The molecule has 1 aliphatic carbocycles. The molecule has 0 aliphatic heterocycles. The zero-order valence-corrected chi connectivity index (χ0v) is 15.4. The van der Waals surface area contributed by atoms with Gasteiger partial charge in [0.05, 0.1) is 11.4 Å². The summed E-state index contributed by atoms with van der Waals surface area (Å²) in [6.07, 6.45) is 2.09. The fourth-order valence-corrected chi connectivity index (χ4v) is 3.55. The number of hydrogen-bond acceptors (Lipinski definition) is 4. The molecule has 8 heteroatoms. The van der Waals surface area contributed by atoms with E-state index in [0.29, 0.717) is 25.6 Å². The standard InChI is InChI=1S/C17H25N3O4S/c1-3-20(4-2)16(21)12-18-17(22)14-6-5-7-15(10-14)25(23,24)19-11-13-8-9-13/h5-7,10,13,19H,3-4,8-9,11-12H2,1-2H3,(H,18,22). The maximum Gasteiger partial charge on any atom is 0.251 e. The van der Waals surface area contributed by atoms with Gasteiger partial charge in [-0.2, -0.15) is 0 Å². The zero-order valence-electron chi connectivity index (χ0n) is 14.6. The van der Waals surface area contributed by atoms with Gasteiger partial charge >= 0.3 is 0 Å². The first-order chi connectivity index (χ1) is 11.9. The molecule has 138 valence electrons. The highest BCUT2D eigenvalue weighted by Crippen LogP contribution is 2.28. The van der Waals surface area contributed by atoms with Crippen LogP contribution >= 0.6 is 0 Å². The van der Waals surface area contributed by atoms with Crippen LogP contribution in [0.2, 0.25) is 0 Å². The molecular weight excluding hydrogens is 342 g/mol. The van der Waals surface area contributed by atoms with Crippen LogP contribution in [0, 0.1) is 5.92 Å². The summed E-state index contributed by atoms with van der Waals surface area (Å²) >= 11 is 0. The third-order valence-corrected chi connectivity index (χ3v) is 5.60. The molecule has 1 aromatic rings. The van der Waals surface area contributed by atoms with Gasteiger partial charge < -0.3 is 10.2 Å². The molecule has 2 N–H and O–H groups in total. The molecule has 1 aliphatic rings. The van der Waals surface area contributed by atoms with Crippen molar-refractivity contribution in [3.8, 4) is 0 Å². The summed E-state index contributed by atoms with van der Waals surface area (Å²) in [6, 6.07) is 5.82. The van der Waals surface area contributed by atoms with Crippen molar-refractivity contribution in [3.05, 3.63) is 29.8 Å². The zero-order chi connectivity index (χ0) is 18.4. The van der Waals surface area contributed by atoms with Gasteiger partial charge in [-0.05, 0) is 50.8 Å². The number of likely N-dealkylation sites (N-methyl/N-ethyl adjacent to an activating group) is 1. The van der Waals surface area contributed by atoms with Gasteiger partial charge in [-0.1, -0.05) is 6.07 Å². The third-order valence-electron chi connectivity index (χ3n) is 4.18. The van der Waals surface area contributed by atoms with Crippen LogP contribution in [0.25, 0.3) is 0 Å². The smallest absolute Gasteiger partial charge is 0.251 e. The molecule has 0 atom stereocenters. The predicted molar refractivity (Wildman–Crippen MR) is 94.6 cm³/mol. The van der Waals surface area contributed by atoms with Crippen LogP contribution in [-0.4, -0.2) is 51.3 Å². The Kier molecular flexibility index (Phi) is 6.55. The van der Waals surface area contributed by atoms with E-state index in [1.165, 1.54) is 24.3 Å². The highest BCUT2D eigenvalue weighted by atomic mass is 32.2. The van der Waals surface area contributed by atoms with Crippen LogP contribution in [0.4, 0.5) is 0 Å². The van der Waals surface area contributed by atoms with Crippen molar-refractivity contribution < 1.29 is 18.0 Å². The van der Waals surface area contributed by atoms with Crippen LogP contribution in [-0.2, 0) is 14.8 Å². The number of benzene rings is 1. The second kappa shape index (κ2) is 8.44. The number of carbonyl (C=O) groups excluding carboxylic acids is 2. The minimum atomic E-state index is -3.63. The van der Waals surface area contributed by atoms with Gasteiger partial charge in [0.15, 0.2) is 0 Å².